The molecule has 2 aromatic heterocycles. The summed E-state index contributed by atoms with van der Waals surface area (Å²) in [5, 5.41) is 41.0. The lowest BCUT2D eigenvalue weighted by atomic mass is 9.96. The molecule has 3 heterocycles. The molecule has 6 N–H and O–H groups in total. The van der Waals surface area contributed by atoms with Crippen molar-refractivity contribution in [3.8, 4) is 0 Å². The maximum absolute atomic E-state index is 11.7. The number of esters is 1. The highest BCUT2D eigenvalue weighted by Gasteiger charge is 2.53. The molecule has 1 fully saturated rings. The summed E-state index contributed by atoms with van der Waals surface area (Å²) in [4.78, 5) is 19.7. The van der Waals surface area contributed by atoms with Gasteiger partial charge in [-0.15, -0.1) is 0 Å². The van der Waals surface area contributed by atoms with Crippen LogP contribution in [0.5, 0.6) is 0 Å². The van der Waals surface area contributed by atoms with Crippen molar-refractivity contribution in [2.24, 2.45) is 0 Å². The van der Waals surface area contributed by atoms with E-state index in [1.807, 2.05) is 0 Å². The number of carbonyl (C=O) groups excluding carboxylic acids is 1. The number of hydrogen-bond acceptors (Lipinski definition) is 10. The summed E-state index contributed by atoms with van der Waals surface area (Å²) in [6.07, 6.45) is -0.107. The van der Waals surface area contributed by atoms with Gasteiger partial charge in [-0.05, 0) is 13.8 Å². The fourth-order valence-electron chi connectivity index (χ4n) is 3.24. The number of carbonyl (C=O) groups is 1. The van der Waals surface area contributed by atoms with Crippen LogP contribution in [-0.4, -0.2) is 72.0 Å². The molecule has 11 heteroatoms. The molecular weight excluding hydrogens is 372 g/mol. The average Bonchev–Trinajstić information content (AvgIpc) is 3.12. The van der Waals surface area contributed by atoms with E-state index in [-0.39, 0.29) is 29.0 Å². The minimum Gasteiger partial charge on any atom is -0.507 e. The first kappa shape index (κ1) is 20.0. The van der Waals surface area contributed by atoms with E-state index < -0.39 is 42.4 Å². The van der Waals surface area contributed by atoms with Gasteiger partial charge in [0.15, 0.2) is 6.23 Å². The molecule has 4 atom stereocenters. The monoisotopic (exact) mass is 394 g/mol. The molecule has 0 aromatic carbocycles. The van der Waals surface area contributed by atoms with Gasteiger partial charge in [0.1, 0.15) is 41.4 Å². The third-order valence-corrected chi connectivity index (χ3v) is 4.64. The molecule has 0 amide bonds. The summed E-state index contributed by atoms with van der Waals surface area (Å²) >= 11 is 0. The van der Waals surface area contributed by atoms with Crippen molar-refractivity contribution < 1.29 is 34.7 Å². The highest BCUT2D eigenvalue weighted by atomic mass is 16.6. The van der Waals surface area contributed by atoms with Gasteiger partial charge >= 0.3 is 5.97 Å². The SMILES string of the molecule is CCOC(=O)C=C(O)c1cn(C2O[C@H](CO)[C@@H](O)C2(C)O)c2ncnc(N)c12. The predicted molar refractivity (Wildman–Crippen MR) is 96.8 cm³/mol. The van der Waals surface area contributed by atoms with E-state index >= 15 is 0 Å². The van der Waals surface area contributed by atoms with E-state index in [2.05, 4.69) is 9.97 Å². The highest BCUT2D eigenvalue weighted by molar-refractivity contribution is 6.00. The number of aliphatic hydroxyl groups excluding tert-OH is 3. The standard InChI is InChI=1S/C17H22N4O7/c1-3-27-11(24)4-9(23)8-5-21(15-12(8)14(18)19-7-20-15)16-17(2,26)13(25)10(6-22)28-16/h4-5,7,10,13,16,22-23,25-26H,3,6H2,1-2H3,(H2,18,19,20)/t10-,13-,16?,17?/m1/s1. The minimum atomic E-state index is -1.78. The zero-order valence-electron chi connectivity index (χ0n) is 15.3. The van der Waals surface area contributed by atoms with Gasteiger partial charge in [-0.3, -0.25) is 0 Å². The average molecular weight is 394 g/mol. The number of rotatable bonds is 5. The molecular formula is C17H22N4O7. The lowest BCUT2D eigenvalue weighted by molar-refractivity contribution is -0.137. The first-order valence-electron chi connectivity index (χ1n) is 8.57. The maximum atomic E-state index is 11.7. The van der Waals surface area contributed by atoms with Crippen LogP contribution in [0.1, 0.15) is 25.6 Å². The molecule has 0 bridgehead atoms. The van der Waals surface area contributed by atoms with Crippen molar-refractivity contribution in [1.82, 2.24) is 14.5 Å². The number of hydrogen-bond donors (Lipinski definition) is 5. The quantitative estimate of drug-likeness (QED) is 0.252. The van der Waals surface area contributed by atoms with E-state index in [4.69, 9.17) is 15.2 Å². The van der Waals surface area contributed by atoms with Crippen molar-refractivity contribution in [2.45, 2.75) is 37.9 Å². The second kappa shape index (κ2) is 7.36. The first-order chi connectivity index (χ1) is 13.2. The molecule has 152 valence electrons. The van der Waals surface area contributed by atoms with Crippen molar-refractivity contribution in [3.05, 3.63) is 24.2 Å². The van der Waals surface area contributed by atoms with Crippen LogP contribution in [0.25, 0.3) is 16.8 Å². The number of nitrogens with zero attached hydrogens (tertiary/aromatic N) is 3. The van der Waals surface area contributed by atoms with Gasteiger partial charge in [0.05, 0.1) is 24.7 Å². The molecule has 11 nitrogen and oxygen atoms in total. The molecule has 2 aromatic rings. The van der Waals surface area contributed by atoms with Gasteiger partial charge in [-0.2, -0.15) is 0 Å². The molecule has 1 saturated heterocycles. The van der Waals surface area contributed by atoms with Crippen LogP contribution in [0, 0.1) is 0 Å². The normalized spacial score (nSPS) is 28.0. The Morgan fingerprint density at radius 2 is 2.21 bits per heavy atom. The molecule has 1 aliphatic heterocycles. The number of nitrogens with two attached hydrogens (primary N) is 1. The summed E-state index contributed by atoms with van der Waals surface area (Å²) in [7, 11) is 0. The summed E-state index contributed by atoms with van der Waals surface area (Å²) in [5.74, 6) is -1.17. The maximum Gasteiger partial charge on any atom is 0.334 e. The van der Waals surface area contributed by atoms with E-state index in [1.165, 1.54) is 24.0 Å². The summed E-state index contributed by atoms with van der Waals surface area (Å²) < 4.78 is 11.8. The number of aliphatic hydroxyl groups is 4. The van der Waals surface area contributed by atoms with E-state index in [1.54, 1.807) is 6.92 Å². The molecule has 28 heavy (non-hydrogen) atoms. The second-order valence-corrected chi connectivity index (χ2v) is 6.57. The summed E-state index contributed by atoms with van der Waals surface area (Å²) in [5.41, 5.74) is 4.46. The molecule has 0 radical (unpaired) electrons. The molecule has 0 spiro atoms. The van der Waals surface area contributed by atoms with E-state index in [0.29, 0.717) is 0 Å². The largest absolute Gasteiger partial charge is 0.507 e. The Morgan fingerprint density at radius 1 is 1.50 bits per heavy atom. The summed E-state index contributed by atoms with van der Waals surface area (Å²) in [6, 6.07) is 0. The Balaban J connectivity index is 2.16. The van der Waals surface area contributed by atoms with Crippen LogP contribution in [0.3, 0.4) is 0 Å². The van der Waals surface area contributed by atoms with Crippen molar-refractivity contribution in [1.29, 1.82) is 0 Å². The molecule has 0 saturated carbocycles. The van der Waals surface area contributed by atoms with Crippen LogP contribution in [-0.2, 0) is 14.3 Å². The fourth-order valence-corrected chi connectivity index (χ4v) is 3.24. The molecule has 1 aliphatic rings. The molecule has 3 rings (SSSR count). The number of fused-ring (bicyclic) bond motifs is 1. The lowest BCUT2D eigenvalue weighted by Gasteiger charge is -2.27. The van der Waals surface area contributed by atoms with Crippen molar-refractivity contribution in [3.63, 3.8) is 0 Å². The Kier molecular flexibility index (Phi) is 5.26. The van der Waals surface area contributed by atoms with Crippen LogP contribution >= 0.6 is 0 Å². The smallest absolute Gasteiger partial charge is 0.334 e. The van der Waals surface area contributed by atoms with Crippen molar-refractivity contribution >= 4 is 28.6 Å². The Morgan fingerprint density at radius 3 is 2.82 bits per heavy atom. The van der Waals surface area contributed by atoms with Gasteiger partial charge in [0, 0.05) is 11.8 Å². The minimum absolute atomic E-state index is 0.0273. The van der Waals surface area contributed by atoms with E-state index in [0.717, 1.165) is 6.08 Å². The Hall–Kier alpha value is -2.73. The van der Waals surface area contributed by atoms with Crippen LogP contribution in [0.2, 0.25) is 0 Å². The number of nitrogen functional groups attached to an aromatic ring is 1. The zero-order valence-corrected chi connectivity index (χ0v) is 15.3. The number of anilines is 1. The van der Waals surface area contributed by atoms with Gasteiger partial charge in [-0.25, -0.2) is 14.8 Å². The van der Waals surface area contributed by atoms with E-state index in [9.17, 15) is 25.2 Å². The third kappa shape index (κ3) is 3.18. The van der Waals surface area contributed by atoms with Crippen LogP contribution in [0.15, 0.2) is 18.6 Å². The fraction of sp³-hybridized carbons (Fsp3) is 0.471. The number of ether oxygens (including phenoxy) is 2. The first-order valence-corrected chi connectivity index (χ1v) is 8.57. The predicted octanol–water partition coefficient (Wildman–Crippen LogP) is -0.523. The van der Waals surface area contributed by atoms with Crippen LogP contribution < -0.4 is 5.73 Å². The lowest BCUT2D eigenvalue weighted by Crippen LogP contribution is -2.44. The van der Waals surface area contributed by atoms with Crippen molar-refractivity contribution in [2.75, 3.05) is 18.9 Å². The second-order valence-electron chi connectivity index (χ2n) is 6.57. The topological polar surface area (TPSA) is 173 Å². The van der Waals surface area contributed by atoms with Gasteiger partial charge in [0.2, 0.25) is 0 Å². The highest BCUT2D eigenvalue weighted by Crippen LogP contribution is 2.41. The van der Waals surface area contributed by atoms with Gasteiger partial charge < -0.3 is 40.2 Å². The summed E-state index contributed by atoms with van der Waals surface area (Å²) in [6.45, 7) is 2.60. The van der Waals surface area contributed by atoms with Gasteiger partial charge in [-0.1, -0.05) is 0 Å². The molecule has 0 aliphatic carbocycles. The molecule has 2 unspecified atom stereocenters. The third-order valence-electron chi connectivity index (χ3n) is 4.64. The van der Waals surface area contributed by atoms with Crippen LogP contribution in [0.4, 0.5) is 5.82 Å². The Bertz CT molecular complexity index is 924. The van der Waals surface area contributed by atoms with Gasteiger partial charge in [0.25, 0.3) is 0 Å². The number of aromatic nitrogens is 3. The Labute approximate surface area is 159 Å². The zero-order chi connectivity index (χ0) is 20.6.